The lowest BCUT2D eigenvalue weighted by Crippen LogP contribution is -2.12. The minimum atomic E-state index is -0.251. The molecule has 1 aromatic carbocycles. The van der Waals surface area contributed by atoms with Crippen molar-refractivity contribution in [3.8, 4) is 5.95 Å². The van der Waals surface area contributed by atoms with E-state index in [1.54, 1.807) is 53.9 Å². The Morgan fingerprint density at radius 3 is 2.74 bits per heavy atom. The van der Waals surface area contributed by atoms with E-state index in [2.05, 4.69) is 29.0 Å². The summed E-state index contributed by atoms with van der Waals surface area (Å²) < 4.78 is 9.91. The first-order valence-corrected chi connectivity index (χ1v) is 7.37. The molecule has 0 unspecified atom stereocenters. The average Bonchev–Trinajstić information content (AvgIpc) is 3.26. The molecule has 8 nitrogen and oxygen atoms in total. The lowest BCUT2D eigenvalue weighted by atomic mass is 10.2. The highest BCUT2D eigenvalue weighted by Gasteiger charge is 2.09. The number of carbonyl (C=O) groups is 1. The molecule has 0 saturated heterocycles. The van der Waals surface area contributed by atoms with Gasteiger partial charge in [0.1, 0.15) is 17.4 Å². The molecular weight excluding hydrogens is 314 g/mol. The molecule has 0 aliphatic rings. The summed E-state index contributed by atoms with van der Waals surface area (Å²) in [5, 5.41) is 2.75. The molecule has 0 fully saturated rings. The van der Waals surface area contributed by atoms with Crippen molar-refractivity contribution in [2.75, 3.05) is 5.32 Å². The summed E-state index contributed by atoms with van der Waals surface area (Å²) in [5.41, 5.74) is 2.49. The predicted octanol–water partition coefficient (Wildman–Crippen LogP) is 1.92. The van der Waals surface area contributed by atoms with Gasteiger partial charge in [0.05, 0.1) is 29.8 Å². The zero-order valence-electron chi connectivity index (χ0n) is 11.6. The maximum absolute atomic E-state index is 12.3. The Balaban J connectivity index is 1.53. The number of carbonyl (C=O) groups excluding carboxylic acids is 1. The Kier molecular flexibility index (Phi) is 3.24. The van der Waals surface area contributed by atoms with Crippen molar-refractivity contribution in [3.63, 3.8) is 0 Å². The number of fused-ring (bicyclic) bond motifs is 1. The quantitative estimate of drug-likeness (QED) is 0.618. The molecule has 1 amide bonds. The summed E-state index contributed by atoms with van der Waals surface area (Å²) in [7, 11) is 0. The molecule has 0 atom stereocenters. The van der Waals surface area contributed by atoms with Gasteiger partial charge in [-0.15, -0.1) is 0 Å². The topological polar surface area (TPSA) is 98.5 Å². The number of rotatable bonds is 3. The van der Waals surface area contributed by atoms with Crippen LogP contribution >= 0.6 is 11.7 Å². The van der Waals surface area contributed by atoms with Crippen molar-refractivity contribution in [2.24, 2.45) is 0 Å². The SMILES string of the molecule is O=C(Nc1cnc(-n2ccnc2)nc1)c1ccc2nsnc2c1. The van der Waals surface area contributed by atoms with Gasteiger partial charge in [0, 0.05) is 18.0 Å². The van der Waals surface area contributed by atoms with Crippen LogP contribution in [0.25, 0.3) is 17.0 Å². The van der Waals surface area contributed by atoms with Gasteiger partial charge in [-0.2, -0.15) is 8.75 Å². The number of amides is 1. The van der Waals surface area contributed by atoms with Crippen molar-refractivity contribution in [3.05, 3.63) is 54.9 Å². The van der Waals surface area contributed by atoms with Gasteiger partial charge in [0.15, 0.2) is 0 Å². The molecular formula is C14H9N7OS. The van der Waals surface area contributed by atoms with E-state index in [1.165, 1.54) is 0 Å². The molecule has 0 spiro atoms. The molecule has 0 aliphatic heterocycles. The minimum absolute atomic E-state index is 0.251. The normalized spacial score (nSPS) is 10.8. The lowest BCUT2D eigenvalue weighted by molar-refractivity contribution is 0.102. The summed E-state index contributed by atoms with van der Waals surface area (Å²) in [6, 6.07) is 5.18. The fourth-order valence-electron chi connectivity index (χ4n) is 2.02. The van der Waals surface area contributed by atoms with E-state index < -0.39 is 0 Å². The van der Waals surface area contributed by atoms with Gasteiger partial charge in [-0.25, -0.2) is 15.0 Å². The van der Waals surface area contributed by atoms with Crippen molar-refractivity contribution in [1.82, 2.24) is 28.3 Å². The van der Waals surface area contributed by atoms with Crippen LogP contribution in [0.5, 0.6) is 0 Å². The van der Waals surface area contributed by atoms with E-state index in [1.807, 2.05) is 0 Å². The Morgan fingerprint density at radius 1 is 1.13 bits per heavy atom. The smallest absolute Gasteiger partial charge is 0.255 e. The average molecular weight is 323 g/mol. The molecule has 112 valence electrons. The number of anilines is 1. The van der Waals surface area contributed by atoms with E-state index in [4.69, 9.17) is 0 Å². The van der Waals surface area contributed by atoms with Gasteiger partial charge in [0.2, 0.25) is 5.95 Å². The highest BCUT2D eigenvalue weighted by molar-refractivity contribution is 7.00. The molecule has 0 aliphatic carbocycles. The zero-order chi connectivity index (χ0) is 15.6. The van der Waals surface area contributed by atoms with Crippen LogP contribution in [0.15, 0.2) is 49.3 Å². The standard InChI is InChI=1S/C14H9N7OS/c22-13(9-1-2-11-12(5-9)20-23-19-11)18-10-6-16-14(17-7-10)21-4-3-15-8-21/h1-8H,(H,18,22). The molecule has 9 heteroatoms. The van der Waals surface area contributed by atoms with Crippen molar-refractivity contribution >= 4 is 34.4 Å². The second kappa shape index (κ2) is 5.54. The number of nitrogens with zero attached hydrogens (tertiary/aromatic N) is 6. The van der Waals surface area contributed by atoms with E-state index >= 15 is 0 Å². The van der Waals surface area contributed by atoms with Crippen LogP contribution in [0.4, 0.5) is 5.69 Å². The summed E-state index contributed by atoms with van der Waals surface area (Å²) in [5.74, 6) is 0.231. The third-order valence-electron chi connectivity index (χ3n) is 3.15. The summed E-state index contributed by atoms with van der Waals surface area (Å²) >= 11 is 1.12. The number of benzene rings is 1. The zero-order valence-corrected chi connectivity index (χ0v) is 12.4. The van der Waals surface area contributed by atoms with Gasteiger partial charge < -0.3 is 5.32 Å². The second-order valence-electron chi connectivity index (χ2n) is 4.66. The fourth-order valence-corrected chi connectivity index (χ4v) is 2.54. The van der Waals surface area contributed by atoms with Crippen LogP contribution in [0, 0.1) is 0 Å². The van der Waals surface area contributed by atoms with Crippen LogP contribution in [0.2, 0.25) is 0 Å². The van der Waals surface area contributed by atoms with Gasteiger partial charge in [-0.1, -0.05) is 0 Å². The molecule has 23 heavy (non-hydrogen) atoms. The first-order chi connectivity index (χ1) is 11.3. The van der Waals surface area contributed by atoms with Crippen LogP contribution < -0.4 is 5.32 Å². The van der Waals surface area contributed by atoms with Gasteiger partial charge in [-0.3, -0.25) is 9.36 Å². The summed E-state index contributed by atoms with van der Waals surface area (Å²) in [6.45, 7) is 0. The Bertz CT molecular complexity index is 962. The third kappa shape index (κ3) is 2.64. The van der Waals surface area contributed by atoms with Gasteiger partial charge in [0.25, 0.3) is 5.91 Å². The number of hydrogen-bond donors (Lipinski definition) is 1. The van der Waals surface area contributed by atoms with E-state index in [0.29, 0.717) is 22.7 Å². The number of nitrogens with one attached hydrogen (secondary N) is 1. The first kappa shape index (κ1) is 13.5. The van der Waals surface area contributed by atoms with Crippen molar-refractivity contribution in [1.29, 1.82) is 0 Å². The highest BCUT2D eigenvalue weighted by atomic mass is 32.1. The van der Waals surface area contributed by atoms with E-state index in [0.717, 1.165) is 17.2 Å². The summed E-state index contributed by atoms with van der Waals surface area (Å²) in [4.78, 5) is 24.6. The first-order valence-electron chi connectivity index (χ1n) is 6.64. The maximum Gasteiger partial charge on any atom is 0.255 e. The molecule has 4 rings (SSSR count). The molecule has 0 radical (unpaired) electrons. The lowest BCUT2D eigenvalue weighted by Gasteiger charge is -2.05. The van der Waals surface area contributed by atoms with Crippen molar-refractivity contribution in [2.45, 2.75) is 0 Å². The molecule has 0 saturated carbocycles. The Hall–Kier alpha value is -3.20. The largest absolute Gasteiger partial charge is 0.319 e. The monoisotopic (exact) mass is 323 g/mol. The van der Waals surface area contributed by atoms with E-state index in [9.17, 15) is 4.79 Å². The number of imidazole rings is 1. The molecule has 4 aromatic rings. The van der Waals surface area contributed by atoms with Gasteiger partial charge in [-0.05, 0) is 18.2 Å². The van der Waals surface area contributed by atoms with Crippen LogP contribution in [0.1, 0.15) is 10.4 Å². The van der Waals surface area contributed by atoms with Crippen LogP contribution in [-0.4, -0.2) is 34.2 Å². The third-order valence-corrected chi connectivity index (χ3v) is 3.70. The number of hydrogen-bond acceptors (Lipinski definition) is 7. The summed E-state index contributed by atoms with van der Waals surface area (Å²) in [6.07, 6.45) is 8.07. The number of aromatic nitrogens is 6. The van der Waals surface area contributed by atoms with Gasteiger partial charge >= 0.3 is 0 Å². The van der Waals surface area contributed by atoms with Crippen LogP contribution in [-0.2, 0) is 0 Å². The maximum atomic E-state index is 12.3. The second-order valence-corrected chi connectivity index (χ2v) is 5.19. The minimum Gasteiger partial charge on any atom is -0.319 e. The molecule has 3 heterocycles. The fraction of sp³-hybridized carbons (Fsp3) is 0. The van der Waals surface area contributed by atoms with Crippen molar-refractivity contribution < 1.29 is 4.79 Å². The highest BCUT2D eigenvalue weighted by Crippen LogP contribution is 2.15. The Morgan fingerprint density at radius 2 is 1.96 bits per heavy atom. The molecule has 3 aromatic heterocycles. The molecule has 1 N–H and O–H groups in total. The predicted molar refractivity (Wildman–Crippen MR) is 84.5 cm³/mol. The Labute approximate surface area is 134 Å². The van der Waals surface area contributed by atoms with E-state index in [-0.39, 0.29) is 5.91 Å². The molecule has 0 bridgehead atoms. The van der Waals surface area contributed by atoms with Crippen LogP contribution in [0.3, 0.4) is 0 Å².